The molecule has 0 saturated heterocycles. The summed E-state index contributed by atoms with van der Waals surface area (Å²) in [7, 11) is -3.78. The highest BCUT2D eigenvalue weighted by molar-refractivity contribution is 7.92. The Kier molecular flexibility index (Phi) is 10.0. The summed E-state index contributed by atoms with van der Waals surface area (Å²) in [5.74, 6) is -0.619. The molecule has 0 aliphatic carbocycles. The van der Waals surface area contributed by atoms with Gasteiger partial charge >= 0.3 is 0 Å². The van der Waals surface area contributed by atoms with Crippen molar-refractivity contribution in [2.45, 2.75) is 47.2 Å². The number of benzene rings is 2. The fraction of sp³-hybridized carbons (Fsp3) is 0.440. The van der Waals surface area contributed by atoms with E-state index in [0.29, 0.717) is 27.8 Å². The number of hydrogen-bond donors (Lipinski definition) is 1. The lowest BCUT2D eigenvalue weighted by atomic mass is 10.1. The summed E-state index contributed by atoms with van der Waals surface area (Å²) >= 11 is 12.2. The van der Waals surface area contributed by atoms with E-state index in [1.54, 1.807) is 37.3 Å². The lowest BCUT2D eigenvalue weighted by Gasteiger charge is -2.31. The van der Waals surface area contributed by atoms with Crippen LogP contribution in [0.2, 0.25) is 10.0 Å². The lowest BCUT2D eigenvalue weighted by molar-refractivity contribution is -0.139. The maximum absolute atomic E-state index is 13.5. The number of hydrogen-bond acceptors (Lipinski definition) is 4. The van der Waals surface area contributed by atoms with Gasteiger partial charge < -0.3 is 10.2 Å². The zero-order valence-electron chi connectivity index (χ0n) is 20.9. The molecule has 1 atom stereocenters. The number of nitrogens with zero attached hydrogens (tertiary/aromatic N) is 2. The van der Waals surface area contributed by atoms with Gasteiger partial charge in [0.05, 0.1) is 22.0 Å². The molecule has 0 aromatic heterocycles. The van der Waals surface area contributed by atoms with Crippen LogP contribution in [0.15, 0.2) is 36.4 Å². The molecule has 7 nitrogen and oxygen atoms in total. The molecule has 0 aliphatic heterocycles. The smallest absolute Gasteiger partial charge is 0.244 e. The number of nitrogens with one attached hydrogen (secondary N) is 1. The first-order valence-corrected chi connectivity index (χ1v) is 13.9. The van der Waals surface area contributed by atoms with Gasteiger partial charge in [0.25, 0.3) is 0 Å². The third-order valence-corrected chi connectivity index (χ3v) is 7.53. The molecule has 10 heteroatoms. The van der Waals surface area contributed by atoms with E-state index in [1.807, 2.05) is 33.8 Å². The van der Waals surface area contributed by atoms with Crippen molar-refractivity contribution >= 4 is 50.7 Å². The first-order valence-electron chi connectivity index (χ1n) is 11.3. The Labute approximate surface area is 218 Å². The Morgan fingerprint density at radius 2 is 1.63 bits per heavy atom. The van der Waals surface area contributed by atoms with E-state index in [9.17, 15) is 18.0 Å². The molecular formula is C25H33Cl2N3O4S. The number of anilines is 1. The van der Waals surface area contributed by atoms with Gasteiger partial charge in [0.2, 0.25) is 21.8 Å². The fourth-order valence-corrected chi connectivity index (χ4v) is 4.53. The summed E-state index contributed by atoms with van der Waals surface area (Å²) in [6, 6.07) is 9.30. The van der Waals surface area contributed by atoms with Crippen molar-refractivity contribution in [2.24, 2.45) is 5.92 Å². The molecule has 2 rings (SSSR count). The van der Waals surface area contributed by atoms with E-state index in [0.717, 1.165) is 21.7 Å². The second kappa shape index (κ2) is 12.1. The third kappa shape index (κ3) is 8.12. The Bertz CT molecular complexity index is 1190. The predicted molar refractivity (Wildman–Crippen MR) is 142 cm³/mol. The predicted octanol–water partition coefficient (Wildman–Crippen LogP) is 4.57. The zero-order chi connectivity index (χ0) is 26.5. The molecule has 0 unspecified atom stereocenters. The zero-order valence-corrected chi connectivity index (χ0v) is 23.3. The molecule has 2 amide bonds. The average Bonchev–Trinajstić information content (AvgIpc) is 2.77. The Balaban J connectivity index is 2.41. The maximum Gasteiger partial charge on any atom is 0.244 e. The van der Waals surface area contributed by atoms with Crippen molar-refractivity contribution in [3.63, 3.8) is 0 Å². The van der Waals surface area contributed by atoms with Crippen LogP contribution in [-0.2, 0) is 26.2 Å². The van der Waals surface area contributed by atoms with Gasteiger partial charge in [-0.05, 0) is 67.6 Å². The van der Waals surface area contributed by atoms with E-state index < -0.39 is 28.5 Å². The van der Waals surface area contributed by atoms with Crippen LogP contribution >= 0.6 is 23.2 Å². The summed E-state index contributed by atoms with van der Waals surface area (Å²) in [6.45, 7) is 9.40. The van der Waals surface area contributed by atoms with Gasteiger partial charge in [0, 0.05) is 13.1 Å². The number of carbonyl (C=O) groups is 2. The van der Waals surface area contributed by atoms with Gasteiger partial charge in [-0.3, -0.25) is 13.9 Å². The van der Waals surface area contributed by atoms with Crippen LogP contribution in [0, 0.1) is 19.8 Å². The first kappa shape index (κ1) is 28.9. The molecule has 2 aromatic rings. The standard InChI is InChI=1S/C25H33Cl2N3O4S/c1-16(2)13-28-25(32)19(5)29(14-20-8-10-22(26)23(27)12-20)24(31)15-30(35(6,33)34)21-9-7-17(3)18(4)11-21/h7-12,16,19H,13-15H2,1-6H3,(H,28,32)/t19-/m1/s1. The van der Waals surface area contributed by atoms with E-state index in [2.05, 4.69) is 5.32 Å². The Hall–Kier alpha value is -2.29. The van der Waals surface area contributed by atoms with Crippen LogP contribution in [0.25, 0.3) is 0 Å². The molecule has 0 aliphatic rings. The van der Waals surface area contributed by atoms with Crippen molar-refractivity contribution in [1.82, 2.24) is 10.2 Å². The maximum atomic E-state index is 13.5. The van der Waals surface area contributed by atoms with Gasteiger partial charge in [-0.1, -0.05) is 49.2 Å². The second-order valence-corrected chi connectivity index (χ2v) is 11.8. The Morgan fingerprint density at radius 1 is 0.971 bits per heavy atom. The van der Waals surface area contributed by atoms with E-state index >= 15 is 0 Å². The van der Waals surface area contributed by atoms with E-state index in [4.69, 9.17) is 23.2 Å². The molecule has 0 radical (unpaired) electrons. The van der Waals surface area contributed by atoms with Crippen molar-refractivity contribution in [3.8, 4) is 0 Å². The number of sulfonamides is 1. The number of aryl methyl sites for hydroxylation is 2. The van der Waals surface area contributed by atoms with Crippen molar-refractivity contribution in [1.29, 1.82) is 0 Å². The second-order valence-electron chi connectivity index (χ2n) is 9.12. The normalized spacial score (nSPS) is 12.4. The molecule has 0 spiro atoms. The summed E-state index contributed by atoms with van der Waals surface area (Å²) in [6.07, 6.45) is 1.05. The van der Waals surface area contributed by atoms with Crippen LogP contribution in [-0.4, -0.2) is 50.5 Å². The molecular weight excluding hydrogens is 509 g/mol. The van der Waals surface area contributed by atoms with E-state index in [1.165, 1.54) is 4.90 Å². The van der Waals surface area contributed by atoms with Crippen LogP contribution < -0.4 is 9.62 Å². The number of carbonyl (C=O) groups excluding carboxylic acids is 2. The number of amides is 2. The molecule has 0 fully saturated rings. The molecule has 2 aromatic carbocycles. The molecule has 0 heterocycles. The summed E-state index contributed by atoms with van der Waals surface area (Å²) in [4.78, 5) is 27.8. The fourth-order valence-electron chi connectivity index (χ4n) is 3.36. The monoisotopic (exact) mass is 541 g/mol. The molecule has 0 saturated carbocycles. The average molecular weight is 543 g/mol. The van der Waals surface area contributed by atoms with Gasteiger partial charge in [-0.15, -0.1) is 0 Å². The van der Waals surface area contributed by atoms with Gasteiger partial charge in [-0.25, -0.2) is 8.42 Å². The van der Waals surface area contributed by atoms with Crippen LogP contribution in [0.4, 0.5) is 5.69 Å². The van der Waals surface area contributed by atoms with Crippen molar-refractivity contribution in [2.75, 3.05) is 23.7 Å². The minimum atomic E-state index is -3.78. The molecule has 0 bridgehead atoms. The summed E-state index contributed by atoms with van der Waals surface area (Å²) in [5, 5.41) is 3.53. The topological polar surface area (TPSA) is 86.8 Å². The lowest BCUT2D eigenvalue weighted by Crippen LogP contribution is -2.51. The molecule has 35 heavy (non-hydrogen) atoms. The van der Waals surface area contributed by atoms with Crippen molar-refractivity contribution in [3.05, 3.63) is 63.1 Å². The first-order chi connectivity index (χ1) is 16.2. The van der Waals surface area contributed by atoms with Crippen LogP contribution in [0.5, 0.6) is 0 Å². The van der Waals surface area contributed by atoms with Crippen molar-refractivity contribution < 1.29 is 18.0 Å². The van der Waals surface area contributed by atoms with Gasteiger partial charge in [0.1, 0.15) is 12.6 Å². The molecule has 192 valence electrons. The summed E-state index contributed by atoms with van der Waals surface area (Å²) < 4.78 is 26.4. The minimum Gasteiger partial charge on any atom is -0.354 e. The summed E-state index contributed by atoms with van der Waals surface area (Å²) in [5.41, 5.74) is 2.95. The third-order valence-electron chi connectivity index (χ3n) is 5.65. The Morgan fingerprint density at radius 3 is 2.17 bits per heavy atom. The quantitative estimate of drug-likeness (QED) is 0.477. The SMILES string of the molecule is Cc1ccc(N(CC(=O)N(Cc2ccc(Cl)c(Cl)c2)[C@H](C)C(=O)NCC(C)C)S(C)(=O)=O)cc1C. The highest BCUT2D eigenvalue weighted by Gasteiger charge is 2.30. The highest BCUT2D eigenvalue weighted by atomic mass is 35.5. The number of halogens is 2. The van der Waals surface area contributed by atoms with Gasteiger partial charge in [-0.2, -0.15) is 0 Å². The highest BCUT2D eigenvalue weighted by Crippen LogP contribution is 2.25. The van der Waals surface area contributed by atoms with Crippen LogP contribution in [0.1, 0.15) is 37.5 Å². The molecule has 1 N–H and O–H groups in total. The minimum absolute atomic E-state index is 0.0521. The number of rotatable bonds is 10. The largest absolute Gasteiger partial charge is 0.354 e. The van der Waals surface area contributed by atoms with E-state index in [-0.39, 0.29) is 18.4 Å². The van der Waals surface area contributed by atoms with Gasteiger partial charge in [0.15, 0.2) is 0 Å². The van der Waals surface area contributed by atoms with Crippen LogP contribution in [0.3, 0.4) is 0 Å².